The third-order valence-corrected chi connectivity index (χ3v) is 4.17. The maximum atomic E-state index is 10.7. The fourth-order valence-corrected chi connectivity index (χ4v) is 2.90. The first kappa shape index (κ1) is 8.27. The van der Waals surface area contributed by atoms with Gasteiger partial charge in [-0.25, -0.2) is 0 Å². The SMILES string of the molecule is CCSSC1CNC(=O)C1. The Bertz CT molecular complexity index is 129. The molecule has 0 aromatic rings. The summed E-state index contributed by atoms with van der Waals surface area (Å²) in [5.74, 6) is 1.32. The molecule has 10 heavy (non-hydrogen) atoms. The van der Waals surface area contributed by atoms with Crippen molar-refractivity contribution >= 4 is 27.5 Å². The minimum Gasteiger partial charge on any atom is -0.355 e. The second-order valence-corrected chi connectivity index (χ2v) is 5.09. The lowest BCUT2D eigenvalue weighted by Gasteiger charge is -2.02. The smallest absolute Gasteiger partial charge is 0.221 e. The summed E-state index contributed by atoms with van der Waals surface area (Å²) >= 11 is 0. The third-order valence-electron chi connectivity index (χ3n) is 1.26. The Kier molecular flexibility index (Phi) is 3.42. The Labute approximate surface area is 68.9 Å². The number of nitrogens with one attached hydrogen (secondary N) is 1. The van der Waals surface area contributed by atoms with Crippen molar-refractivity contribution in [3.05, 3.63) is 0 Å². The van der Waals surface area contributed by atoms with E-state index in [4.69, 9.17) is 0 Å². The summed E-state index contributed by atoms with van der Waals surface area (Å²) in [6, 6.07) is 0. The van der Waals surface area contributed by atoms with Crippen molar-refractivity contribution in [2.45, 2.75) is 18.6 Å². The molecule has 1 unspecified atom stereocenters. The van der Waals surface area contributed by atoms with Crippen molar-refractivity contribution in [3.63, 3.8) is 0 Å². The van der Waals surface area contributed by atoms with E-state index in [0.29, 0.717) is 11.7 Å². The summed E-state index contributed by atoms with van der Waals surface area (Å²) in [6.45, 7) is 2.98. The Morgan fingerprint density at radius 3 is 3.10 bits per heavy atom. The quantitative estimate of drug-likeness (QED) is 0.658. The molecule has 1 aliphatic rings. The van der Waals surface area contributed by atoms with Gasteiger partial charge in [-0.15, -0.1) is 0 Å². The zero-order valence-corrected chi connectivity index (χ0v) is 7.56. The molecule has 0 radical (unpaired) electrons. The second kappa shape index (κ2) is 4.13. The maximum Gasteiger partial charge on any atom is 0.221 e. The highest BCUT2D eigenvalue weighted by atomic mass is 33.1. The van der Waals surface area contributed by atoms with Gasteiger partial charge in [0.25, 0.3) is 0 Å². The predicted octanol–water partition coefficient (Wildman–Crippen LogP) is 1.28. The van der Waals surface area contributed by atoms with E-state index in [1.807, 2.05) is 21.6 Å². The monoisotopic (exact) mass is 177 g/mol. The Balaban J connectivity index is 2.12. The molecule has 0 bridgehead atoms. The number of carbonyl (C=O) groups is 1. The van der Waals surface area contributed by atoms with Crippen LogP contribution in [0.5, 0.6) is 0 Å². The molecule has 1 fully saturated rings. The summed E-state index contributed by atoms with van der Waals surface area (Å²) < 4.78 is 0. The molecular formula is C6H11NOS2. The first-order chi connectivity index (χ1) is 4.83. The van der Waals surface area contributed by atoms with Gasteiger partial charge in [-0.1, -0.05) is 28.5 Å². The van der Waals surface area contributed by atoms with Crippen molar-refractivity contribution in [2.75, 3.05) is 12.3 Å². The lowest BCUT2D eigenvalue weighted by Crippen LogP contribution is -2.14. The van der Waals surface area contributed by atoms with Crippen molar-refractivity contribution in [2.24, 2.45) is 0 Å². The zero-order valence-electron chi connectivity index (χ0n) is 5.92. The normalized spacial score (nSPS) is 24.9. The molecule has 1 rings (SSSR count). The van der Waals surface area contributed by atoms with Gasteiger partial charge in [-0.2, -0.15) is 0 Å². The standard InChI is InChI=1S/C6H11NOS2/c1-2-9-10-5-3-6(8)7-4-5/h5H,2-4H2,1H3,(H,7,8). The molecule has 0 aliphatic carbocycles. The van der Waals surface area contributed by atoms with E-state index in [9.17, 15) is 4.79 Å². The van der Waals surface area contributed by atoms with Crippen LogP contribution in [0.4, 0.5) is 0 Å². The van der Waals surface area contributed by atoms with Crippen LogP contribution >= 0.6 is 21.6 Å². The second-order valence-electron chi connectivity index (χ2n) is 2.13. The molecule has 4 heteroatoms. The number of hydrogen-bond donors (Lipinski definition) is 1. The molecule has 0 aromatic carbocycles. The van der Waals surface area contributed by atoms with Crippen LogP contribution in [0.3, 0.4) is 0 Å². The van der Waals surface area contributed by atoms with Crippen LogP contribution in [-0.4, -0.2) is 23.5 Å². The van der Waals surface area contributed by atoms with Crippen LogP contribution in [-0.2, 0) is 4.79 Å². The van der Waals surface area contributed by atoms with E-state index in [1.54, 1.807) is 0 Å². The van der Waals surface area contributed by atoms with Gasteiger partial charge in [0.2, 0.25) is 5.91 Å². The molecule has 0 spiro atoms. The molecule has 1 amide bonds. The van der Waals surface area contributed by atoms with Crippen LogP contribution in [0.1, 0.15) is 13.3 Å². The molecule has 58 valence electrons. The van der Waals surface area contributed by atoms with E-state index in [1.165, 1.54) is 0 Å². The number of amides is 1. The lowest BCUT2D eigenvalue weighted by molar-refractivity contribution is -0.119. The molecule has 0 aromatic heterocycles. The Morgan fingerprint density at radius 1 is 1.80 bits per heavy atom. The van der Waals surface area contributed by atoms with Gasteiger partial charge in [0.05, 0.1) is 0 Å². The Morgan fingerprint density at radius 2 is 2.60 bits per heavy atom. The Hall–Kier alpha value is 0.170. The predicted molar refractivity (Wildman–Crippen MR) is 47.1 cm³/mol. The summed E-state index contributed by atoms with van der Waals surface area (Å²) in [7, 11) is 3.65. The van der Waals surface area contributed by atoms with E-state index in [-0.39, 0.29) is 5.91 Å². The largest absolute Gasteiger partial charge is 0.355 e. The summed E-state index contributed by atoms with van der Waals surface area (Å²) in [6.07, 6.45) is 0.706. The highest BCUT2D eigenvalue weighted by molar-refractivity contribution is 8.76. The molecular weight excluding hydrogens is 166 g/mol. The van der Waals surface area contributed by atoms with E-state index in [0.717, 1.165) is 12.3 Å². The lowest BCUT2D eigenvalue weighted by atomic mass is 10.4. The van der Waals surface area contributed by atoms with Gasteiger partial charge in [0.1, 0.15) is 0 Å². The minimum absolute atomic E-state index is 0.203. The van der Waals surface area contributed by atoms with Crippen LogP contribution in [0, 0.1) is 0 Å². The summed E-state index contributed by atoms with van der Waals surface area (Å²) in [5.41, 5.74) is 0. The van der Waals surface area contributed by atoms with Crippen molar-refractivity contribution in [1.82, 2.24) is 5.32 Å². The highest BCUT2D eigenvalue weighted by Crippen LogP contribution is 2.29. The van der Waals surface area contributed by atoms with Crippen LogP contribution in [0.2, 0.25) is 0 Å². The molecule has 2 nitrogen and oxygen atoms in total. The molecule has 1 atom stereocenters. The maximum absolute atomic E-state index is 10.7. The van der Waals surface area contributed by atoms with Crippen LogP contribution < -0.4 is 5.32 Å². The summed E-state index contributed by atoms with van der Waals surface area (Å²) in [4.78, 5) is 10.7. The molecule has 1 heterocycles. The summed E-state index contributed by atoms with van der Waals surface area (Å²) in [5, 5.41) is 3.32. The van der Waals surface area contributed by atoms with Crippen LogP contribution in [0.25, 0.3) is 0 Å². The molecule has 1 N–H and O–H groups in total. The van der Waals surface area contributed by atoms with E-state index < -0.39 is 0 Å². The van der Waals surface area contributed by atoms with Crippen molar-refractivity contribution in [3.8, 4) is 0 Å². The van der Waals surface area contributed by atoms with Crippen molar-refractivity contribution in [1.29, 1.82) is 0 Å². The number of rotatable bonds is 3. The first-order valence-corrected chi connectivity index (χ1v) is 5.76. The minimum atomic E-state index is 0.203. The van der Waals surface area contributed by atoms with Crippen molar-refractivity contribution < 1.29 is 4.79 Å². The fourth-order valence-electron chi connectivity index (χ4n) is 0.811. The molecule has 0 saturated carbocycles. The number of hydrogen-bond acceptors (Lipinski definition) is 3. The van der Waals surface area contributed by atoms with Gasteiger partial charge < -0.3 is 5.32 Å². The van der Waals surface area contributed by atoms with Gasteiger partial charge >= 0.3 is 0 Å². The highest BCUT2D eigenvalue weighted by Gasteiger charge is 2.21. The van der Waals surface area contributed by atoms with E-state index >= 15 is 0 Å². The van der Waals surface area contributed by atoms with Crippen LogP contribution in [0.15, 0.2) is 0 Å². The van der Waals surface area contributed by atoms with Gasteiger partial charge in [-0.05, 0) is 0 Å². The van der Waals surface area contributed by atoms with Gasteiger partial charge in [-0.3, -0.25) is 4.79 Å². The molecule has 1 saturated heterocycles. The fraction of sp³-hybridized carbons (Fsp3) is 0.833. The topological polar surface area (TPSA) is 29.1 Å². The molecule has 1 aliphatic heterocycles. The third kappa shape index (κ3) is 2.42. The average Bonchev–Trinajstić information content (AvgIpc) is 2.31. The average molecular weight is 177 g/mol. The van der Waals surface area contributed by atoms with E-state index in [2.05, 4.69) is 12.2 Å². The van der Waals surface area contributed by atoms with Gasteiger partial charge in [0, 0.05) is 24.0 Å². The van der Waals surface area contributed by atoms with Gasteiger partial charge in [0.15, 0.2) is 0 Å². The number of carbonyl (C=O) groups excluding carboxylic acids is 1. The first-order valence-electron chi connectivity index (χ1n) is 3.38. The zero-order chi connectivity index (χ0) is 7.40.